The molecule has 3 atom stereocenters. The summed E-state index contributed by atoms with van der Waals surface area (Å²) < 4.78 is 10.5. The number of carbonyl (C=O) groups is 1. The largest absolute Gasteiger partial charge is 0.484 e. The molecule has 262 valence electrons. The normalized spacial score (nSPS) is 19.4. The molecule has 7 rings (SSSR count). The van der Waals surface area contributed by atoms with Gasteiger partial charge in [0.25, 0.3) is 0 Å². The number of anilines is 2. The third kappa shape index (κ3) is 7.05. The Bertz CT molecular complexity index is 1960. The summed E-state index contributed by atoms with van der Waals surface area (Å²) in [4.78, 5) is 18.1. The lowest BCUT2D eigenvalue weighted by molar-refractivity contribution is 0.171. The van der Waals surface area contributed by atoms with Crippen molar-refractivity contribution in [2.45, 2.75) is 89.9 Å². The second kappa shape index (κ2) is 13.8. The molecule has 11 heteroatoms. The average molecular weight is 676 g/mol. The third-order valence-corrected chi connectivity index (χ3v) is 9.84. The number of piperidine rings is 1. The molecule has 2 aliphatic rings. The molecule has 1 aliphatic heterocycles. The van der Waals surface area contributed by atoms with E-state index in [0.29, 0.717) is 11.9 Å². The number of ether oxygens (including phenoxy) is 1. The topological polar surface area (TPSA) is 105 Å². The smallest absolute Gasteiger partial charge is 0.320 e. The lowest BCUT2D eigenvalue weighted by Gasteiger charge is -2.33. The maximum atomic E-state index is 13.6. The fourth-order valence-electron chi connectivity index (χ4n) is 7.16. The highest BCUT2D eigenvalue weighted by Crippen LogP contribution is 2.39. The summed E-state index contributed by atoms with van der Waals surface area (Å²) in [5, 5.41) is 20.3. The van der Waals surface area contributed by atoms with E-state index >= 15 is 0 Å². The molecule has 50 heavy (non-hydrogen) atoms. The van der Waals surface area contributed by atoms with Gasteiger partial charge in [0, 0.05) is 30.6 Å². The highest BCUT2D eigenvalue weighted by Gasteiger charge is 2.31. The van der Waals surface area contributed by atoms with Crippen LogP contribution in [0.4, 0.5) is 16.6 Å². The number of urea groups is 1. The van der Waals surface area contributed by atoms with Crippen LogP contribution in [0, 0.1) is 0 Å². The molecule has 1 saturated heterocycles. The Morgan fingerprint density at radius 2 is 1.74 bits per heavy atom. The van der Waals surface area contributed by atoms with Gasteiger partial charge >= 0.3 is 6.03 Å². The number of hydrogen-bond acceptors (Lipinski definition) is 7. The van der Waals surface area contributed by atoms with Gasteiger partial charge in [0.15, 0.2) is 5.65 Å². The molecular weight excluding hydrogens is 626 g/mol. The van der Waals surface area contributed by atoms with Crippen LogP contribution >= 0.6 is 0 Å². The molecule has 0 saturated carbocycles. The van der Waals surface area contributed by atoms with E-state index in [9.17, 15) is 4.79 Å². The predicted octanol–water partition coefficient (Wildman–Crippen LogP) is 7.43. The minimum Gasteiger partial charge on any atom is -0.484 e. The van der Waals surface area contributed by atoms with E-state index in [1.165, 1.54) is 12.0 Å². The number of nitrogens with one attached hydrogen (secondary N) is 2. The maximum Gasteiger partial charge on any atom is 0.320 e. The van der Waals surface area contributed by atoms with Crippen LogP contribution in [0.25, 0.3) is 11.3 Å². The van der Waals surface area contributed by atoms with Crippen LogP contribution in [0.15, 0.2) is 72.9 Å². The number of nitrogens with zero attached hydrogens (tertiary/aromatic N) is 7. The van der Waals surface area contributed by atoms with Crippen molar-refractivity contribution in [1.29, 1.82) is 0 Å². The van der Waals surface area contributed by atoms with Crippen LogP contribution in [0.3, 0.4) is 0 Å². The Morgan fingerprint density at radius 3 is 2.48 bits per heavy atom. The molecular formula is C39H49N9O2. The zero-order chi connectivity index (χ0) is 35.0. The van der Waals surface area contributed by atoms with Crippen LogP contribution in [0.5, 0.6) is 5.75 Å². The number of hydrogen-bond donors (Lipinski definition) is 2. The zero-order valence-corrected chi connectivity index (χ0v) is 30.1. The van der Waals surface area contributed by atoms with Crippen molar-refractivity contribution in [2.75, 3.05) is 30.9 Å². The van der Waals surface area contributed by atoms with E-state index in [2.05, 4.69) is 113 Å². The standard InChI is InChI=1S/C39H49N9O2/c1-26-11-9-10-22-46(26)38-43-42-35-21-18-29(25-47(35)38)50-33-20-19-32(30-12-7-8-13-31(30)33)40-37(49)41-36-23-34(39(2,3)4)44-48(36)28-16-14-27(15-17-28)24-45(5)6/h7-8,12-18,21,23,25-26,32-33H,9-11,19-20,22,24H2,1-6H3,(H2,40,41,49). The van der Waals surface area contributed by atoms with Crippen LogP contribution in [0.1, 0.15) is 94.3 Å². The first kappa shape index (κ1) is 33.6. The zero-order valence-electron chi connectivity index (χ0n) is 30.1. The number of pyridine rings is 1. The molecule has 2 amide bonds. The molecule has 3 aromatic heterocycles. The lowest BCUT2D eigenvalue weighted by atomic mass is 9.85. The molecule has 0 bridgehead atoms. The molecule has 1 fully saturated rings. The fourth-order valence-corrected chi connectivity index (χ4v) is 7.16. The van der Waals surface area contributed by atoms with Gasteiger partial charge in [-0.3, -0.25) is 9.72 Å². The summed E-state index contributed by atoms with van der Waals surface area (Å²) in [5.74, 6) is 2.26. The van der Waals surface area contributed by atoms with E-state index in [-0.39, 0.29) is 23.6 Å². The van der Waals surface area contributed by atoms with Gasteiger partial charge in [-0.1, -0.05) is 57.2 Å². The summed E-state index contributed by atoms with van der Waals surface area (Å²) in [7, 11) is 4.11. The van der Waals surface area contributed by atoms with E-state index < -0.39 is 0 Å². The van der Waals surface area contributed by atoms with Crippen LogP contribution < -0.4 is 20.3 Å². The van der Waals surface area contributed by atoms with Gasteiger partial charge < -0.3 is 19.9 Å². The molecule has 0 spiro atoms. The van der Waals surface area contributed by atoms with Gasteiger partial charge in [-0.25, -0.2) is 9.48 Å². The average Bonchev–Trinajstić information content (AvgIpc) is 3.71. The highest BCUT2D eigenvalue weighted by molar-refractivity contribution is 5.89. The monoisotopic (exact) mass is 675 g/mol. The number of rotatable bonds is 8. The summed E-state index contributed by atoms with van der Waals surface area (Å²) in [5.41, 5.74) is 5.76. The van der Waals surface area contributed by atoms with Crippen LogP contribution in [-0.4, -0.2) is 62.0 Å². The van der Waals surface area contributed by atoms with Crippen molar-refractivity contribution >= 4 is 23.4 Å². The number of benzene rings is 2. The van der Waals surface area contributed by atoms with E-state index in [0.717, 1.165) is 78.6 Å². The van der Waals surface area contributed by atoms with Crippen molar-refractivity contribution in [3.05, 3.63) is 95.3 Å². The quantitative estimate of drug-likeness (QED) is 0.176. The van der Waals surface area contributed by atoms with Crippen LogP contribution in [0.2, 0.25) is 0 Å². The van der Waals surface area contributed by atoms with Crippen molar-refractivity contribution < 1.29 is 9.53 Å². The Morgan fingerprint density at radius 1 is 0.960 bits per heavy atom. The predicted molar refractivity (Wildman–Crippen MR) is 197 cm³/mol. The molecule has 4 heterocycles. The lowest BCUT2D eigenvalue weighted by Crippen LogP contribution is -2.38. The van der Waals surface area contributed by atoms with Gasteiger partial charge in [0.2, 0.25) is 5.95 Å². The summed E-state index contributed by atoms with van der Waals surface area (Å²) >= 11 is 0. The molecule has 3 unspecified atom stereocenters. The Kier molecular flexibility index (Phi) is 9.26. The Labute approximate surface area is 294 Å². The van der Waals surface area contributed by atoms with Crippen molar-refractivity contribution in [3.63, 3.8) is 0 Å². The maximum absolute atomic E-state index is 13.6. The van der Waals surface area contributed by atoms with E-state index in [4.69, 9.17) is 9.84 Å². The minimum absolute atomic E-state index is 0.148. The number of carbonyl (C=O) groups excluding carboxylic acids is 1. The molecule has 1 aliphatic carbocycles. The number of fused-ring (bicyclic) bond motifs is 2. The van der Waals surface area contributed by atoms with Crippen molar-refractivity contribution in [3.8, 4) is 11.4 Å². The van der Waals surface area contributed by atoms with Crippen LogP contribution in [-0.2, 0) is 12.0 Å². The van der Waals surface area contributed by atoms with Gasteiger partial charge in [-0.2, -0.15) is 5.10 Å². The molecule has 2 N–H and O–H groups in total. The summed E-state index contributed by atoms with van der Waals surface area (Å²) in [6.07, 6.45) is 6.92. The third-order valence-electron chi connectivity index (χ3n) is 9.84. The molecule has 11 nitrogen and oxygen atoms in total. The van der Waals surface area contributed by atoms with Gasteiger partial charge in [-0.05, 0) is 94.1 Å². The second-order valence-electron chi connectivity index (χ2n) is 15.1. The molecule has 5 aromatic rings. The number of amides is 2. The molecule has 0 radical (unpaired) electrons. The molecule has 2 aromatic carbocycles. The number of aromatic nitrogens is 5. The van der Waals surface area contributed by atoms with Gasteiger partial charge in [-0.15, -0.1) is 10.2 Å². The second-order valence-corrected chi connectivity index (χ2v) is 15.1. The first-order valence-electron chi connectivity index (χ1n) is 17.8. The highest BCUT2D eigenvalue weighted by atomic mass is 16.5. The van der Waals surface area contributed by atoms with E-state index in [1.807, 2.05) is 41.2 Å². The first-order valence-corrected chi connectivity index (χ1v) is 17.8. The van der Waals surface area contributed by atoms with Crippen molar-refractivity contribution in [1.82, 2.24) is 34.6 Å². The van der Waals surface area contributed by atoms with E-state index in [1.54, 1.807) is 0 Å². The minimum atomic E-state index is -0.271. The first-order chi connectivity index (χ1) is 24.0. The Hall–Kier alpha value is -4.90. The van der Waals surface area contributed by atoms with Gasteiger partial charge in [0.05, 0.1) is 23.6 Å². The van der Waals surface area contributed by atoms with Gasteiger partial charge in [0.1, 0.15) is 17.7 Å². The summed E-state index contributed by atoms with van der Waals surface area (Å²) in [6, 6.07) is 22.5. The van der Waals surface area contributed by atoms with Crippen molar-refractivity contribution in [2.24, 2.45) is 0 Å². The Balaban J connectivity index is 1.08. The SMILES string of the molecule is CC1CCCCN1c1nnc2ccc(OC3CCC(NC(=O)Nc4cc(C(C)(C)C)nn4-c4ccc(CN(C)C)cc4)c4ccccc43)cn12. The summed E-state index contributed by atoms with van der Waals surface area (Å²) in [6.45, 7) is 10.5. The fraction of sp³-hybridized carbons (Fsp3) is 0.436.